The van der Waals surface area contributed by atoms with Gasteiger partial charge in [0, 0.05) is 0 Å². The van der Waals surface area contributed by atoms with Gasteiger partial charge >= 0.3 is 0 Å². The average molecular weight is 443 g/mol. The van der Waals surface area contributed by atoms with Gasteiger partial charge in [0.25, 0.3) is 0 Å². The number of rotatable bonds is 14. The summed E-state index contributed by atoms with van der Waals surface area (Å²) in [5, 5.41) is 22.1. The van der Waals surface area contributed by atoms with E-state index in [0.717, 1.165) is 72.3 Å². The Morgan fingerprint density at radius 2 is 0.968 bits per heavy atom. The smallest absolute Gasteiger partial charge is 0.132 e. The standard InChI is InChI=1S/C28H42O2S/c1-5-9-11-15-23-17-21(13-7-3)19-25(27(23)29)31-26-20-22(14-8-4)18-24(28(26)30)16-12-10-6-2/h17-20,29-30H,5-16H2,1-4H3. The van der Waals surface area contributed by atoms with Crippen molar-refractivity contribution in [3.8, 4) is 11.5 Å². The van der Waals surface area contributed by atoms with Crippen LogP contribution in [0.2, 0.25) is 0 Å². The lowest BCUT2D eigenvalue weighted by molar-refractivity contribution is 0.450. The molecular formula is C28H42O2S. The fraction of sp³-hybridized carbons (Fsp3) is 0.571. The summed E-state index contributed by atoms with van der Waals surface area (Å²) in [7, 11) is 0. The van der Waals surface area contributed by atoms with Crippen LogP contribution in [0.25, 0.3) is 0 Å². The Labute approximate surface area is 194 Å². The number of hydrogen-bond donors (Lipinski definition) is 2. The van der Waals surface area contributed by atoms with Gasteiger partial charge in [-0.2, -0.15) is 0 Å². The third-order valence-corrected chi connectivity index (χ3v) is 6.89. The largest absolute Gasteiger partial charge is 0.506 e. The lowest BCUT2D eigenvalue weighted by atomic mass is 10.0. The predicted octanol–water partition coefficient (Wildman–Crippen LogP) is 8.62. The number of phenolic OH excluding ortho intramolecular Hbond substituents is 2. The molecule has 0 saturated heterocycles. The molecule has 3 heteroatoms. The van der Waals surface area contributed by atoms with Crippen molar-refractivity contribution in [3.05, 3.63) is 46.5 Å². The number of benzene rings is 2. The molecule has 2 aromatic rings. The Kier molecular flexibility index (Phi) is 11.4. The zero-order valence-corrected chi connectivity index (χ0v) is 20.9. The van der Waals surface area contributed by atoms with Crippen molar-refractivity contribution < 1.29 is 10.2 Å². The summed E-state index contributed by atoms with van der Waals surface area (Å²) in [4.78, 5) is 1.75. The van der Waals surface area contributed by atoms with Gasteiger partial charge in [0.15, 0.2) is 0 Å². The molecule has 0 atom stereocenters. The second kappa shape index (κ2) is 13.7. The topological polar surface area (TPSA) is 40.5 Å². The van der Waals surface area contributed by atoms with E-state index in [1.807, 2.05) is 0 Å². The average Bonchev–Trinajstić information content (AvgIpc) is 2.75. The molecule has 2 rings (SSSR count). The van der Waals surface area contributed by atoms with Crippen LogP contribution in [0.15, 0.2) is 34.1 Å². The van der Waals surface area contributed by atoms with Crippen molar-refractivity contribution >= 4 is 11.8 Å². The Hall–Kier alpha value is -1.61. The summed E-state index contributed by atoms with van der Waals surface area (Å²) in [6, 6.07) is 8.61. The second-order valence-electron chi connectivity index (χ2n) is 8.72. The minimum Gasteiger partial charge on any atom is -0.506 e. The molecule has 0 bridgehead atoms. The molecule has 31 heavy (non-hydrogen) atoms. The number of unbranched alkanes of at least 4 members (excludes halogenated alkanes) is 4. The van der Waals surface area contributed by atoms with E-state index in [1.165, 1.54) is 48.6 Å². The van der Waals surface area contributed by atoms with E-state index in [1.54, 1.807) is 0 Å². The van der Waals surface area contributed by atoms with Gasteiger partial charge < -0.3 is 10.2 Å². The van der Waals surface area contributed by atoms with Crippen LogP contribution >= 0.6 is 11.8 Å². The minimum atomic E-state index is 0.397. The SMILES string of the molecule is CCCCCc1cc(CCC)cc(Sc2cc(CCC)cc(CCCCC)c2O)c1O. The second-order valence-corrected chi connectivity index (χ2v) is 9.80. The highest BCUT2D eigenvalue weighted by Gasteiger charge is 2.16. The molecule has 2 aromatic carbocycles. The van der Waals surface area contributed by atoms with Gasteiger partial charge in [-0.1, -0.05) is 90.1 Å². The first-order chi connectivity index (χ1) is 15.0. The first kappa shape index (κ1) is 25.6. The summed E-state index contributed by atoms with van der Waals surface area (Å²) in [5.41, 5.74) is 4.66. The third kappa shape index (κ3) is 7.79. The number of phenols is 2. The first-order valence-corrected chi connectivity index (χ1v) is 13.2. The molecule has 0 fully saturated rings. The molecule has 0 spiro atoms. The van der Waals surface area contributed by atoms with Crippen molar-refractivity contribution in [2.45, 2.75) is 115 Å². The van der Waals surface area contributed by atoms with Crippen LogP contribution in [0.5, 0.6) is 11.5 Å². The third-order valence-electron chi connectivity index (χ3n) is 5.82. The van der Waals surface area contributed by atoms with Gasteiger partial charge in [0.05, 0.1) is 9.79 Å². The zero-order valence-electron chi connectivity index (χ0n) is 20.1. The molecule has 0 saturated carbocycles. The summed E-state index contributed by atoms with van der Waals surface area (Å²) in [6.07, 6.45) is 12.9. The molecule has 0 aliphatic rings. The molecule has 0 unspecified atom stereocenters. The molecule has 0 radical (unpaired) electrons. The van der Waals surface area contributed by atoms with E-state index >= 15 is 0 Å². The van der Waals surface area contributed by atoms with Gasteiger partial charge in [-0.05, 0) is 72.9 Å². The Morgan fingerprint density at radius 1 is 0.548 bits per heavy atom. The highest BCUT2D eigenvalue weighted by Crippen LogP contribution is 2.43. The van der Waals surface area contributed by atoms with Crippen molar-refractivity contribution in [1.29, 1.82) is 0 Å². The van der Waals surface area contributed by atoms with Crippen LogP contribution in [0.1, 0.15) is 101 Å². The fourth-order valence-electron chi connectivity index (χ4n) is 4.11. The molecule has 0 aliphatic carbocycles. The molecule has 0 aromatic heterocycles. The van der Waals surface area contributed by atoms with E-state index in [-0.39, 0.29) is 0 Å². The lowest BCUT2D eigenvalue weighted by Gasteiger charge is -2.16. The minimum absolute atomic E-state index is 0.397. The monoisotopic (exact) mass is 442 g/mol. The van der Waals surface area contributed by atoms with Crippen molar-refractivity contribution in [3.63, 3.8) is 0 Å². The van der Waals surface area contributed by atoms with Gasteiger partial charge in [0.1, 0.15) is 11.5 Å². The summed E-state index contributed by atoms with van der Waals surface area (Å²) in [6.45, 7) is 8.80. The maximum absolute atomic E-state index is 11.0. The van der Waals surface area contributed by atoms with E-state index in [4.69, 9.17) is 0 Å². The number of aromatic hydroxyl groups is 2. The quantitative estimate of drug-likeness (QED) is 0.288. The van der Waals surface area contributed by atoms with Crippen molar-refractivity contribution in [2.75, 3.05) is 0 Å². The van der Waals surface area contributed by atoms with Crippen LogP contribution in [-0.2, 0) is 25.7 Å². The summed E-state index contributed by atoms with van der Waals surface area (Å²) < 4.78 is 0. The normalized spacial score (nSPS) is 11.2. The molecule has 172 valence electrons. The van der Waals surface area contributed by atoms with Crippen LogP contribution in [-0.4, -0.2) is 10.2 Å². The summed E-state index contributed by atoms with van der Waals surface area (Å²) in [5.74, 6) is 0.794. The molecule has 0 heterocycles. The maximum atomic E-state index is 11.0. The fourth-order valence-corrected chi connectivity index (χ4v) is 5.22. The Bertz CT molecular complexity index is 746. The van der Waals surface area contributed by atoms with E-state index in [0.29, 0.717) is 11.5 Å². The number of aryl methyl sites for hydroxylation is 4. The van der Waals surface area contributed by atoms with Crippen LogP contribution < -0.4 is 0 Å². The molecule has 0 aliphatic heterocycles. The van der Waals surface area contributed by atoms with Gasteiger partial charge in [-0.3, -0.25) is 0 Å². The maximum Gasteiger partial charge on any atom is 0.132 e. The molecule has 0 amide bonds. The Morgan fingerprint density at radius 3 is 1.32 bits per heavy atom. The zero-order chi connectivity index (χ0) is 22.6. The van der Waals surface area contributed by atoms with E-state index < -0.39 is 0 Å². The molecule has 2 nitrogen and oxygen atoms in total. The number of hydrogen-bond acceptors (Lipinski definition) is 3. The van der Waals surface area contributed by atoms with Gasteiger partial charge in [-0.15, -0.1) is 0 Å². The molecule has 2 N–H and O–H groups in total. The van der Waals surface area contributed by atoms with Crippen LogP contribution in [0, 0.1) is 0 Å². The van der Waals surface area contributed by atoms with E-state index in [9.17, 15) is 10.2 Å². The van der Waals surface area contributed by atoms with Gasteiger partial charge in [-0.25, -0.2) is 0 Å². The van der Waals surface area contributed by atoms with Crippen LogP contribution in [0.3, 0.4) is 0 Å². The van der Waals surface area contributed by atoms with E-state index in [2.05, 4.69) is 52.0 Å². The lowest BCUT2D eigenvalue weighted by Crippen LogP contribution is -1.95. The van der Waals surface area contributed by atoms with Gasteiger partial charge in [0.2, 0.25) is 0 Å². The molecular weight excluding hydrogens is 400 g/mol. The highest BCUT2D eigenvalue weighted by atomic mass is 32.2. The van der Waals surface area contributed by atoms with Crippen molar-refractivity contribution in [1.82, 2.24) is 0 Å². The van der Waals surface area contributed by atoms with Crippen LogP contribution in [0.4, 0.5) is 0 Å². The Balaban J connectivity index is 2.40. The first-order valence-electron chi connectivity index (χ1n) is 12.4. The van der Waals surface area contributed by atoms with Crippen molar-refractivity contribution in [2.24, 2.45) is 0 Å². The highest BCUT2D eigenvalue weighted by molar-refractivity contribution is 7.99. The summed E-state index contributed by atoms with van der Waals surface area (Å²) >= 11 is 1.53. The predicted molar refractivity (Wildman–Crippen MR) is 135 cm³/mol.